The standard InChI is InChI=1S/C10H19N3O3/c1-16-10(4-2-5-10)7-9(14)12-6-3-8(11)13-15/h15H,2-7H2,1H3,(H2,11,13)(H,12,14). The molecule has 0 spiro atoms. The highest BCUT2D eigenvalue weighted by Gasteiger charge is 2.38. The quantitative estimate of drug-likeness (QED) is 0.262. The zero-order valence-corrected chi connectivity index (χ0v) is 9.53. The second kappa shape index (κ2) is 5.69. The fraction of sp³-hybridized carbons (Fsp3) is 0.800. The number of ether oxygens (including phenoxy) is 1. The topological polar surface area (TPSA) is 96.9 Å². The van der Waals surface area contributed by atoms with Gasteiger partial charge in [-0.2, -0.15) is 0 Å². The van der Waals surface area contributed by atoms with Crippen molar-refractivity contribution in [1.29, 1.82) is 0 Å². The Balaban J connectivity index is 2.20. The van der Waals surface area contributed by atoms with Crippen molar-refractivity contribution in [3.05, 3.63) is 0 Å². The molecule has 0 radical (unpaired) electrons. The Kier molecular flexibility index (Phi) is 4.54. The van der Waals surface area contributed by atoms with Gasteiger partial charge in [0.25, 0.3) is 0 Å². The van der Waals surface area contributed by atoms with Gasteiger partial charge < -0.3 is 21.0 Å². The Morgan fingerprint density at radius 1 is 1.62 bits per heavy atom. The Hall–Kier alpha value is -1.30. The number of nitrogens with one attached hydrogen (secondary N) is 1. The summed E-state index contributed by atoms with van der Waals surface area (Å²) in [6.07, 6.45) is 3.74. The van der Waals surface area contributed by atoms with Gasteiger partial charge >= 0.3 is 0 Å². The Bertz CT molecular complexity index is 269. The summed E-state index contributed by atoms with van der Waals surface area (Å²) in [5.41, 5.74) is 5.02. The smallest absolute Gasteiger partial charge is 0.222 e. The van der Waals surface area contributed by atoms with E-state index >= 15 is 0 Å². The fourth-order valence-electron chi connectivity index (χ4n) is 1.76. The van der Waals surface area contributed by atoms with Gasteiger partial charge in [-0.3, -0.25) is 4.79 Å². The van der Waals surface area contributed by atoms with Crippen LogP contribution in [0.2, 0.25) is 0 Å². The molecule has 0 aliphatic heterocycles. The summed E-state index contributed by atoms with van der Waals surface area (Å²) in [5.74, 6) is 0.0673. The normalized spacial score (nSPS) is 18.9. The Morgan fingerprint density at radius 2 is 2.31 bits per heavy atom. The van der Waals surface area contributed by atoms with Crippen molar-refractivity contribution in [3.8, 4) is 0 Å². The number of rotatable bonds is 6. The molecule has 0 heterocycles. The van der Waals surface area contributed by atoms with Crippen LogP contribution < -0.4 is 11.1 Å². The van der Waals surface area contributed by atoms with E-state index in [0.29, 0.717) is 19.4 Å². The monoisotopic (exact) mass is 229 g/mol. The molecule has 0 saturated heterocycles. The molecule has 92 valence electrons. The van der Waals surface area contributed by atoms with E-state index in [4.69, 9.17) is 15.7 Å². The first-order valence-corrected chi connectivity index (χ1v) is 5.40. The van der Waals surface area contributed by atoms with Gasteiger partial charge in [0, 0.05) is 20.1 Å². The zero-order chi connectivity index (χ0) is 12.0. The third-order valence-corrected chi connectivity index (χ3v) is 3.01. The average molecular weight is 229 g/mol. The van der Waals surface area contributed by atoms with Gasteiger partial charge in [0.2, 0.25) is 5.91 Å². The minimum atomic E-state index is -0.249. The van der Waals surface area contributed by atoms with Crippen LogP contribution in [-0.2, 0) is 9.53 Å². The summed E-state index contributed by atoms with van der Waals surface area (Å²) in [6.45, 7) is 0.383. The highest BCUT2D eigenvalue weighted by atomic mass is 16.5. The van der Waals surface area contributed by atoms with Crippen LogP contribution in [0.25, 0.3) is 0 Å². The molecule has 1 fully saturated rings. The Morgan fingerprint density at radius 3 is 2.75 bits per heavy atom. The molecule has 4 N–H and O–H groups in total. The average Bonchev–Trinajstić information content (AvgIpc) is 2.23. The number of carbonyl (C=O) groups excluding carboxylic acids is 1. The van der Waals surface area contributed by atoms with E-state index in [0.717, 1.165) is 19.3 Å². The van der Waals surface area contributed by atoms with Crippen molar-refractivity contribution in [2.75, 3.05) is 13.7 Å². The molecule has 1 aliphatic carbocycles. The minimum absolute atomic E-state index is 0.0488. The number of hydrogen-bond acceptors (Lipinski definition) is 4. The van der Waals surface area contributed by atoms with Gasteiger partial charge in [0.15, 0.2) is 0 Å². The second-order valence-corrected chi connectivity index (χ2v) is 4.11. The second-order valence-electron chi connectivity index (χ2n) is 4.11. The van der Waals surface area contributed by atoms with Crippen molar-refractivity contribution in [3.63, 3.8) is 0 Å². The van der Waals surface area contributed by atoms with Crippen LogP contribution in [0.5, 0.6) is 0 Å². The number of hydrogen-bond donors (Lipinski definition) is 3. The molecule has 1 amide bonds. The third-order valence-electron chi connectivity index (χ3n) is 3.01. The predicted octanol–water partition coefficient (Wildman–Crippen LogP) is 0.198. The summed E-state index contributed by atoms with van der Waals surface area (Å²) in [5, 5.41) is 13.8. The van der Waals surface area contributed by atoms with Gasteiger partial charge in [-0.05, 0) is 19.3 Å². The molecule has 0 aromatic rings. The molecule has 1 aliphatic rings. The van der Waals surface area contributed by atoms with Gasteiger partial charge in [-0.15, -0.1) is 0 Å². The van der Waals surface area contributed by atoms with Crippen LogP contribution >= 0.6 is 0 Å². The van der Waals surface area contributed by atoms with Crippen LogP contribution in [-0.4, -0.2) is 36.2 Å². The van der Waals surface area contributed by atoms with E-state index in [1.54, 1.807) is 7.11 Å². The van der Waals surface area contributed by atoms with Gasteiger partial charge in [0.05, 0.1) is 12.0 Å². The maximum atomic E-state index is 11.5. The van der Waals surface area contributed by atoms with Gasteiger partial charge in [0.1, 0.15) is 5.84 Å². The molecule has 0 bridgehead atoms. The highest BCUT2D eigenvalue weighted by molar-refractivity contribution is 5.81. The van der Waals surface area contributed by atoms with E-state index in [9.17, 15) is 4.79 Å². The molecule has 6 heteroatoms. The van der Waals surface area contributed by atoms with Crippen LogP contribution in [0.15, 0.2) is 5.16 Å². The molecule has 1 saturated carbocycles. The number of nitrogens with zero attached hydrogens (tertiary/aromatic N) is 1. The number of methoxy groups -OCH3 is 1. The maximum absolute atomic E-state index is 11.5. The molecule has 0 aromatic heterocycles. The van der Waals surface area contributed by atoms with Crippen molar-refractivity contribution in [1.82, 2.24) is 5.32 Å². The predicted molar refractivity (Wildman–Crippen MR) is 59.2 cm³/mol. The molecular weight excluding hydrogens is 210 g/mol. The Labute approximate surface area is 94.8 Å². The zero-order valence-electron chi connectivity index (χ0n) is 9.53. The van der Waals surface area contributed by atoms with Crippen LogP contribution in [0.3, 0.4) is 0 Å². The van der Waals surface area contributed by atoms with Crippen LogP contribution in [0, 0.1) is 0 Å². The maximum Gasteiger partial charge on any atom is 0.222 e. The lowest BCUT2D eigenvalue weighted by Crippen LogP contribution is -2.44. The lowest BCUT2D eigenvalue weighted by Gasteiger charge is -2.39. The molecule has 0 atom stereocenters. The first-order chi connectivity index (χ1) is 7.62. The van der Waals surface area contributed by atoms with Crippen molar-refractivity contribution in [2.45, 2.75) is 37.7 Å². The van der Waals surface area contributed by atoms with Gasteiger partial charge in [-0.1, -0.05) is 5.16 Å². The van der Waals surface area contributed by atoms with E-state index in [1.807, 2.05) is 0 Å². The number of carbonyl (C=O) groups is 1. The lowest BCUT2D eigenvalue weighted by molar-refractivity contribution is -0.134. The lowest BCUT2D eigenvalue weighted by atomic mass is 9.77. The van der Waals surface area contributed by atoms with E-state index in [-0.39, 0.29) is 17.3 Å². The fourth-order valence-corrected chi connectivity index (χ4v) is 1.76. The first kappa shape index (κ1) is 12.8. The summed E-state index contributed by atoms with van der Waals surface area (Å²) < 4.78 is 5.34. The van der Waals surface area contributed by atoms with Crippen LogP contribution in [0.4, 0.5) is 0 Å². The number of amidine groups is 1. The largest absolute Gasteiger partial charge is 0.409 e. The highest BCUT2D eigenvalue weighted by Crippen LogP contribution is 2.37. The number of oxime groups is 1. The summed E-state index contributed by atoms with van der Waals surface area (Å²) in [4.78, 5) is 11.5. The van der Waals surface area contributed by atoms with Crippen LogP contribution in [0.1, 0.15) is 32.1 Å². The minimum Gasteiger partial charge on any atom is -0.409 e. The molecule has 6 nitrogen and oxygen atoms in total. The number of nitrogens with two attached hydrogens (primary N) is 1. The van der Waals surface area contributed by atoms with Gasteiger partial charge in [-0.25, -0.2) is 0 Å². The molecule has 0 aromatic carbocycles. The first-order valence-electron chi connectivity index (χ1n) is 5.40. The third kappa shape index (κ3) is 3.37. The summed E-state index contributed by atoms with van der Waals surface area (Å²) in [6, 6.07) is 0. The van der Waals surface area contributed by atoms with Crippen molar-refractivity contribution >= 4 is 11.7 Å². The molecular formula is C10H19N3O3. The van der Waals surface area contributed by atoms with Crippen molar-refractivity contribution < 1.29 is 14.7 Å². The number of amides is 1. The SMILES string of the molecule is COC1(CC(=O)NCCC(N)=NO)CCC1. The van der Waals surface area contributed by atoms with E-state index in [1.165, 1.54) is 0 Å². The molecule has 0 unspecified atom stereocenters. The summed E-state index contributed by atoms with van der Waals surface area (Å²) >= 11 is 0. The van der Waals surface area contributed by atoms with E-state index < -0.39 is 0 Å². The van der Waals surface area contributed by atoms with E-state index in [2.05, 4.69) is 10.5 Å². The molecule has 16 heavy (non-hydrogen) atoms. The van der Waals surface area contributed by atoms with Crippen molar-refractivity contribution in [2.24, 2.45) is 10.9 Å². The molecule has 1 rings (SSSR count). The summed E-state index contributed by atoms with van der Waals surface area (Å²) in [7, 11) is 1.64.